The number of nitrogens with one attached hydrogen (secondary N) is 1. The lowest BCUT2D eigenvalue weighted by molar-refractivity contribution is -0.910. The minimum Gasteiger partial charge on any atom is -0.493 e. The first-order chi connectivity index (χ1) is 14.0. The summed E-state index contributed by atoms with van der Waals surface area (Å²) in [6.07, 6.45) is 2.42. The molecule has 0 spiro atoms. The number of nitrogens with zero attached hydrogens (tertiary/aromatic N) is 4. The minimum atomic E-state index is -0.434. The number of likely N-dealkylation sites (tertiary alicyclic amines) is 1. The number of anilines is 1. The predicted molar refractivity (Wildman–Crippen MR) is 113 cm³/mol. The van der Waals surface area contributed by atoms with Crippen molar-refractivity contribution in [2.75, 3.05) is 32.1 Å². The molecule has 1 amide bonds. The number of amides is 1. The van der Waals surface area contributed by atoms with E-state index in [4.69, 9.17) is 0 Å². The lowest BCUT2D eigenvalue weighted by Gasteiger charge is -2.14. The number of fused-ring (bicyclic) bond motifs is 1. The van der Waals surface area contributed by atoms with Crippen molar-refractivity contribution < 1.29 is 14.8 Å². The second-order valence-corrected chi connectivity index (χ2v) is 7.68. The van der Waals surface area contributed by atoms with Crippen LogP contribution < -0.4 is 9.80 Å². The summed E-state index contributed by atoms with van der Waals surface area (Å²) in [5, 5.41) is 19.7. The van der Waals surface area contributed by atoms with E-state index in [2.05, 4.69) is 10.2 Å². The van der Waals surface area contributed by atoms with E-state index < -0.39 is 5.91 Å². The van der Waals surface area contributed by atoms with Crippen LogP contribution in [0.15, 0.2) is 58.8 Å². The van der Waals surface area contributed by atoms with Crippen LogP contribution in [-0.4, -0.2) is 42.8 Å². The van der Waals surface area contributed by atoms with Crippen molar-refractivity contribution in [1.82, 2.24) is 4.57 Å². The van der Waals surface area contributed by atoms with Crippen LogP contribution in [0.25, 0.3) is 10.9 Å². The predicted octanol–water partition coefficient (Wildman–Crippen LogP) is 2.97. The molecular weight excluding hydrogens is 366 g/mol. The van der Waals surface area contributed by atoms with Crippen molar-refractivity contribution >= 4 is 28.2 Å². The van der Waals surface area contributed by atoms with Crippen LogP contribution in [0.1, 0.15) is 23.2 Å². The summed E-state index contributed by atoms with van der Waals surface area (Å²) in [6.45, 7) is 2.89. The van der Waals surface area contributed by atoms with Gasteiger partial charge >= 0.3 is 0 Å². The number of para-hydroxylation sites is 1. The van der Waals surface area contributed by atoms with E-state index in [0.29, 0.717) is 17.9 Å². The number of rotatable bonds is 5. The van der Waals surface area contributed by atoms with E-state index in [-0.39, 0.29) is 5.88 Å². The third-order valence-electron chi connectivity index (χ3n) is 5.48. The molecule has 29 heavy (non-hydrogen) atoms. The maximum absolute atomic E-state index is 12.5. The molecule has 0 unspecified atom stereocenters. The SMILES string of the molecule is CN(C)c1ccc(C(=O)N=Nc2c(O)n(C[NH+]3CCCC3)c3ccccc23)cc1. The zero-order chi connectivity index (χ0) is 20.4. The first-order valence-corrected chi connectivity index (χ1v) is 9.92. The number of aromatic nitrogens is 1. The molecule has 1 fully saturated rings. The molecular formula is C22H26N5O2+. The van der Waals surface area contributed by atoms with Gasteiger partial charge in [0.2, 0.25) is 5.88 Å². The Morgan fingerprint density at radius 2 is 1.79 bits per heavy atom. The third-order valence-corrected chi connectivity index (χ3v) is 5.48. The summed E-state index contributed by atoms with van der Waals surface area (Å²) in [5.74, 6) is -0.373. The Morgan fingerprint density at radius 3 is 2.48 bits per heavy atom. The molecule has 2 aromatic carbocycles. The Labute approximate surface area is 169 Å². The normalized spacial score (nSPS) is 14.8. The van der Waals surface area contributed by atoms with Gasteiger partial charge in [0.05, 0.1) is 18.6 Å². The first-order valence-electron chi connectivity index (χ1n) is 9.92. The quantitative estimate of drug-likeness (QED) is 0.656. The second kappa shape index (κ2) is 8.05. The lowest BCUT2D eigenvalue weighted by atomic mass is 10.2. The summed E-state index contributed by atoms with van der Waals surface area (Å²) in [5.41, 5.74) is 2.71. The van der Waals surface area contributed by atoms with E-state index in [1.807, 2.05) is 60.0 Å². The average Bonchev–Trinajstić information content (AvgIpc) is 3.34. The van der Waals surface area contributed by atoms with E-state index >= 15 is 0 Å². The van der Waals surface area contributed by atoms with Crippen molar-refractivity contribution in [1.29, 1.82) is 0 Å². The highest BCUT2D eigenvalue weighted by Gasteiger charge is 2.22. The van der Waals surface area contributed by atoms with E-state index in [0.717, 1.165) is 29.7 Å². The summed E-state index contributed by atoms with van der Waals surface area (Å²) < 4.78 is 1.88. The highest BCUT2D eigenvalue weighted by Crippen LogP contribution is 2.38. The van der Waals surface area contributed by atoms with Gasteiger partial charge in [-0.15, -0.1) is 10.2 Å². The minimum absolute atomic E-state index is 0.0603. The van der Waals surface area contributed by atoms with Crippen LogP contribution >= 0.6 is 0 Å². The molecule has 1 aliphatic rings. The molecule has 0 atom stereocenters. The number of benzene rings is 2. The maximum Gasteiger partial charge on any atom is 0.295 e. The van der Waals surface area contributed by atoms with E-state index in [9.17, 15) is 9.90 Å². The van der Waals surface area contributed by atoms with E-state index in [1.165, 1.54) is 17.7 Å². The molecule has 150 valence electrons. The fourth-order valence-corrected chi connectivity index (χ4v) is 3.84. The molecule has 0 radical (unpaired) electrons. The molecule has 1 saturated heterocycles. The van der Waals surface area contributed by atoms with Crippen molar-refractivity contribution in [2.24, 2.45) is 10.2 Å². The van der Waals surface area contributed by atoms with Gasteiger partial charge in [0.15, 0.2) is 12.4 Å². The van der Waals surface area contributed by atoms with Gasteiger partial charge in [-0.25, -0.2) is 0 Å². The van der Waals surface area contributed by atoms with Crippen LogP contribution in [0.4, 0.5) is 11.4 Å². The average molecular weight is 392 g/mol. The Hall–Kier alpha value is -3.19. The van der Waals surface area contributed by atoms with Gasteiger partial charge in [-0.2, -0.15) is 0 Å². The Kier molecular flexibility index (Phi) is 5.31. The second-order valence-electron chi connectivity index (χ2n) is 7.68. The summed E-state index contributed by atoms with van der Waals surface area (Å²) in [4.78, 5) is 15.9. The first kappa shape index (κ1) is 19.1. The molecule has 2 N–H and O–H groups in total. The Morgan fingerprint density at radius 1 is 1.10 bits per heavy atom. The van der Waals surface area contributed by atoms with Gasteiger partial charge in [0, 0.05) is 43.6 Å². The van der Waals surface area contributed by atoms with Crippen molar-refractivity contribution in [2.45, 2.75) is 19.5 Å². The Bertz CT molecular complexity index is 1050. The lowest BCUT2D eigenvalue weighted by Crippen LogP contribution is -3.09. The number of aromatic hydroxyl groups is 1. The molecule has 4 rings (SSSR count). The largest absolute Gasteiger partial charge is 0.493 e. The number of azo groups is 1. The highest BCUT2D eigenvalue weighted by atomic mass is 16.3. The van der Waals surface area contributed by atoms with Crippen LogP contribution in [0.2, 0.25) is 0 Å². The fourth-order valence-electron chi connectivity index (χ4n) is 3.84. The van der Waals surface area contributed by atoms with Gasteiger partial charge in [0.25, 0.3) is 5.91 Å². The molecule has 0 bridgehead atoms. The number of hydrogen-bond donors (Lipinski definition) is 2. The number of carbonyl (C=O) groups is 1. The number of carbonyl (C=O) groups excluding carboxylic acids is 1. The monoisotopic (exact) mass is 392 g/mol. The number of hydrogen-bond acceptors (Lipinski definition) is 4. The van der Waals surface area contributed by atoms with Gasteiger partial charge in [-0.05, 0) is 30.3 Å². The standard InChI is InChI=1S/C22H25N5O2/c1-25(2)17-11-9-16(10-12-17)21(28)24-23-20-18-7-3-4-8-19(18)27(22(20)29)15-26-13-5-6-14-26/h3-4,7-12,29H,5-6,13-15H2,1-2H3/p+1. The third kappa shape index (κ3) is 3.86. The molecule has 1 aromatic heterocycles. The topological polar surface area (TPSA) is 74.6 Å². The molecule has 7 heteroatoms. The molecule has 0 saturated carbocycles. The molecule has 3 aromatic rings. The fraction of sp³-hybridized carbons (Fsp3) is 0.318. The molecule has 2 heterocycles. The number of quaternary nitrogens is 1. The smallest absolute Gasteiger partial charge is 0.295 e. The highest BCUT2D eigenvalue weighted by molar-refractivity contribution is 5.97. The van der Waals surface area contributed by atoms with Crippen molar-refractivity contribution in [3.8, 4) is 5.88 Å². The van der Waals surface area contributed by atoms with Crippen LogP contribution in [0.3, 0.4) is 0 Å². The molecule has 7 nitrogen and oxygen atoms in total. The molecule has 0 aliphatic carbocycles. The van der Waals surface area contributed by atoms with Gasteiger partial charge in [-0.3, -0.25) is 9.36 Å². The summed E-state index contributed by atoms with van der Waals surface area (Å²) in [7, 11) is 3.89. The van der Waals surface area contributed by atoms with Crippen molar-refractivity contribution in [3.05, 3.63) is 54.1 Å². The van der Waals surface area contributed by atoms with Gasteiger partial charge < -0.3 is 14.9 Å². The zero-order valence-corrected chi connectivity index (χ0v) is 16.8. The zero-order valence-electron chi connectivity index (χ0n) is 16.8. The van der Waals surface area contributed by atoms with Crippen molar-refractivity contribution in [3.63, 3.8) is 0 Å². The summed E-state index contributed by atoms with van der Waals surface area (Å²) >= 11 is 0. The summed E-state index contributed by atoms with van der Waals surface area (Å²) in [6, 6.07) is 14.9. The van der Waals surface area contributed by atoms with E-state index in [1.54, 1.807) is 12.1 Å². The van der Waals surface area contributed by atoms with Crippen LogP contribution in [-0.2, 0) is 6.67 Å². The van der Waals surface area contributed by atoms with Gasteiger partial charge in [-0.1, -0.05) is 18.2 Å². The van der Waals surface area contributed by atoms with Crippen LogP contribution in [0, 0.1) is 0 Å². The molecule has 1 aliphatic heterocycles. The van der Waals surface area contributed by atoms with Crippen LogP contribution in [0.5, 0.6) is 5.88 Å². The maximum atomic E-state index is 12.5. The van der Waals surface area contributed by atoms with Gasteiger partial charge in [0.1, 0.15) is 0 Å². The Balaban J connectivity index is 1.63.